The van der Waals surface area contributed by atoms with Crippen LogP contribution in [0.1, 0.15) is 70.8 Å². The normalized spacial score (nSPS) is 36.5. The van der Waals surface area contributed by atoms with Gasteiger partial charge in [-0.05, 0) is 99.3 Å². The van der Waals surface area contributed by atoms with Crippen molar-refractivity contribution < 1.29 is 4.79 Å². The van der Waals surface area contributed by atoms with E-state index in [1.807, 2.05) is 0 Å². The smallest absolute Gasteiger partial charge is 0.226 e. The van der Waals surface area contributed by atoms with Gasteiger partial charge in [0.15, 0.2) is 0 Å². The summed E-state index contributed by atoms with van der Waals surface area (Å²) in [5, 5.41) is 3.38. The van der Waals surface area contributed by atoms with E-state index in [-0.39, 0.29) is 5.41 Å². The summed E-state index contributed by atoms with van der Waals surface area (Å²) in [5.41, 5.74) is 3.45. The van der Waals surface area contributed by atoms with Crippen LogP contribution in [0.15, 0.2) is 24.3 Å². The van der Waals surface area contributed by atoms with Crippen LogP contribution in [0.25, 0.3) is 0 Å². The van der Waals surface area contributed by atoms with Crippen LogP contribution in [0.4, 0.5) is 5.69 Å². The number of anilines is 1. The monoisotopic (exact) mass is 437 g/mol. The van der Waals surface area contributed by atoms with Gasteiger partial charge in [0, 0.05) is 38.4 Å². The van der Waals surface area contributed by atoms with Gasteiger partial charge in [0.2, 0.25) is 5.91 Å². The molecule has 32 heavy (non-hydrogen) atoms. The first-order valence-electron chi connectivity index (χ1n) is 13.1. The predicted octanol–water partition coefficient (Wildman–Crippen LogP) is 5.01. The fourth-order valence-electron chi connectivity index (χ4n) is 8.61. The Morgan fingerprint density at radius 1 is 1.00 bits per heavy atom. The van der Waals surface area contributed by atoms with Crippen LogP contribution in [0, 0.1) is 29.1 Å². The maximum absolute atomic E-state index is 13.3. The van der Waals surface area contributed by atoms with Gasteiger partial charge in [0.05, 0.1) is 5.41 Å². The number of unbranched alkanes of at least 4 members (excludes halogenated alkanes) is 1. The highest BCUT2D eigenvalue weighted by Crippen LogP contribution is 2.69. The number of nitrogens with zero attached hydrogens (tertiary/aromatic N) is 2. The van der Waals surface area contributed by atoms with E-state index in [0.29, 0.717) is 16.7 Å². The van der Waals surface area contributed by atoms with Crippen LogP contribution in [-0.4, -0.2) is 50.1 Å². The third kappa shape index (κ3) is 4.44. The Balaban J connectivity index is 1.03. The van der Waals surface area contributed by atoms with Gasteiger partial charge in [0.1, 0.15) is 0 Å². The van der Waals surface area contributed by atoms with Gasteiger partial charge in [-0.25, -0.2) is 0 Å². The molecule has 1 amide bonds. The van der Waals surface area contributed by atoms with Crippen molar-refractivity contribution >= 4 is 11.6 Å². The molecule has 5 fully saturated rings. The molecule has 2 atom stereocenters. The lowest BCUT2D eigenvalue weighted by Gasteiger charge is -2.64. The van der Waals surface area contributed by atoms with Gasteiger partial charge in [0.25, 0.3) is 0 Å². The molecule has 6 rings (SSSR count). The molecule has 1 aromatic carbocycles. The highest BCUT2D eigenvalue weighted by Gasteiger charge is 2.62. The number of amides is 1. The molecule has 0 spiro atoms. The molecule has 4 nitrogen and oxygen atoms in total. The minimum Gasteiger partial charge on any atom is -0.369 e. The zero-order valence-corrected chi connectivity index (χ0v) is 20.6. The Kier molecular flexibility index (Phi) is 5.80. The van der Waals surface area contributed by atoms with Crippen LogP contribution in [0.3, 0.4) is 0 Å². The van der Waals surface area contributed by atoms with Crippen LogP contribution >= 0.6 is 0 Å². The van der Waals surface area contributed by atoms with E-state index in [4.69, 9.17) is 0 Å². The number of carbonyl (C=O) groups excluding carboxylic acids is 1. The van der Waals surface area contributed by atoms with Gasteiger partial charge in [-0.1, -0.05) is 26.0 Å². The number of benzene rings is 1. The van der Waals surface area contributed by atoms with Crippen LogP contribution in [-0.2, 0) is 4.79 Å². The molecule has 2 unspecified atom stereocenters. The lowest BCUT2D eigenvalue weighted by Crippen LogP contribution is -2.59. The first kappa shape index (κ1) is 22.3. The second-order valence-corrected chi connectivity index (χ2v) is 12.5. The Morgan fingerprint density at radius 3 is 2.38 bits per heavy atom. The Bertz CT molecular complexity index is 825. The molecule has 1 N–H and O–H groups in total. The Morgan fingerprint density at radius 2 is 1.72 bits per heavy atom. The average Bonchev–Trinajstić information content (AvgIpc) is 2.71. The number of carbonyl (C=O) groups is 1. The molecule has 4 heteroatoms. The van der Waals surface area contributed by atoms with Crippen molar-refractivity contribution in [2.24, 2.45) is 22.2 Å². The number of hydrogen-bond acceptors (Lipinski definition) is 3. The van der Waals surface area contributed by atoms with Crippen molar-refractivity contribution in [1.82, 2.24) is 10.2 Å². The fourth-order valence-corrected chi connectivity index (χ4v) is 8.61. The number of piperazine rings is 1. The highest BCUT2D eigenvalue weighted by molar-refractivity contribution is 5.83. The summed E-state index contributed by atoms with van der Waals surface area (Å²) in [6.45, 7) is 13.6. The van der Waals surface area contributed by atoms with Crippen molar-refractivity contribution in [3.8, 4) is 0 Å². The van der Waals surface area contributed by atoms with Crippen molar-refractivity contribution in [3.63, 3.8) is 0 Å². The predicted molar refractivity (Wildman–Crippen MR) is 132 cm³/mol. The maximum atomic E-state index is 13.3. The molecule has 1 aromatic rings. The molecule has 0 radical (unpaired) electrons. The summed E-state index contributed by atoms with van der Waals surface area (Å²) >= 11 is 0. The highest BCUT2D eigenvalue weighted by atomic mass is 16.2. The third-order valence-corrected chi connectivity index (χ3v) is 9.03. The van der Waals surface area contributed by atoms with E-state index in [2.05, 4.69) is 60.2 Å². The molecule has 176 valence electrons. The third-order valence-electron chi connectivity index (χ3n) is 9.03. The van der Waals surface area contributed by atoms with E-state index in [1.165, 1.54) is 36.9 Å². The van der Waals surface area contributed by atoms with Crippen molar-refractivity contribution in [1.29, 1.82) is 0 Å². The van der Waals surface area contributed by atoms with Gasteiger partial charge in [-0.15, -0.1) is 0 Å². The molecule has 5 aliphatic rings. The molecule has 4 bridgehead atoms. The molecule has 0 aromatic heterocycles. The zero-order valence-electron chi connectivity index (χ0n) is 20.6. The van der Waals surface area contributed by atoms with Crippen LogP contribution in [0.5, 0.6) is 0 Å². The van der Waals surface area contributed by atoms with Gasteiger partial charge in [-0.3, -0.25) is 9.69 Å². The zero-order chi connectivity index (χ0) is 22.4. The molecule has 4 aliphatic carbocycles. The largest absolute Gasteiger partial charge is 0.369 e. The number of nitrogens with one attached hydrogen (secondary N) is 1. The molecular weight excluding hydrogens is 394 g/mol. The summed E-state index contributed by atoms with van der Waals surface area (Å²) < 4.78 is 0. The first-order chi connectivity index (χ1) is 15.3. The van der Waals surface area contributed by atoms with Gasteiger partial charge < -0.3 is 10.2 Å². The molecule has 1 saturated heterocycles. The molecule has 1 aliphatic heterocycles. The van der Waals surface area contributed by atoms with Crippen molar-refractivity contribution in [2.75, 3.05) is 44.2 Å². The number of rotatable bonds is 7. The van der Waals surface area contributed by atoms with E-state index in [1.54, 1.807) is 0 Å². The van der Waals surface area contributed by atoms with E-state index in [0.717, 1.165) is 70.9 Å². The van der Waals surface area contributed by atoms with Gasteiger partial charge in [-0.2, -0.15) is 0 Å². The Hall–Kier alpha value is -1.55. The summed E-state index contributed by atoms with van der Waals surface area (Å²) in [4.78, 5) is 18.4. The second kappa shape index (κ2) is 8.34. The molecular formula is C28H43N3O. The summed E-state index contributed by atoms with van der Waals surface area (Å²) in [5.74, 6) is 1.16. The topological polar surface area (TPSA) is 35.6 Å². The first-order valence-corrected chi connectivity index (χ1v) is 13.1. The standard InChI is InChI=1S/C28H43N3O/c1-22-7-6-8-24(15-22)31-13-11-30(12-14-31)10-5-4-9-29-25(32)28-18-23-16-26(2,20-28)19-27(3,17-23)21-28/h6-8,15,23H,4-5,9-14,16-21H2,1-3H3,(H,29,32). The van der Waals surface area contributed by atoms with Crippen LogP contribution in [0.2, 0.25) is 0 Å². The number of aryl methyl sites for hydroxylation is 1. The SMILES string of the molecule is Cc1cccc(N2CCN(CCCCNC(=O)C34CC5CC(C)(CC(C)(C5)C3)C4)CC2)c1. The quantitative estimate of drug-likeness (QED) is 0.609. The minimum absolute atomic E-state index is 0.0605. The minimum atomic E-state index is -0.0605. The number of hydrogen-bond donors (Lipinski definition) is 1. The van der Waals surface area contributed by atoms with E-state index >= 15 is 0 Å². The Labute approximate surface area is 195 Å². The summed E-state index contributed by atoms with van der Waals surface area (Å²) in [6, 6.07) is 8.86. The maximum Gasteiger partial charge on any atom is 0.226 e. The fraction of sp³-hybridized carbons (Fsp3) is 0.750. The lowest BCUT2D eigenvalue weighted by molar-refractivity contribution is -0.170. The lowest BCUT2D eigenvalue weighted by atomic mass is 9.40. The van der Waals surface area contributed by atoms with Crippen molar-refractivity contribution in [2.45, 2.75) is 72.1 Å². The van der Waals surface area contributed by atoms with Crippen molar-refractivity contribution in [3.05, 3.63) is 29.8 Å². The summed E-state index contributed by atoms with van der Waals surface area (Å²) in [6.07, 6.45) is 9.72. The van der Waals surface area contributed by atoms with E-state index < -0.39 is 0 Å². The second-order valence-electron chi connectivity index (χ2n) is 12.5. The average molecular weight is 438 g/mol. The summed E-state index contributed by atoms with van der Waals surface area (Å²) in [7, 11) is 0. The van der Waals surface area contributed by atoms with Crippen LogP contribution < -0.4 is 10.2 Å². The van der Waals surface area contributed by atoms with E-state index in [9.17, 15) is 4.79 Å². The molecule has 4 saturated carbocycles. The molecule has 1 heterocycles. The van der Waals surface area contributed by atoms with Gasteiger partial charge >= 0.3 is 0 Å².